The molecule has 1 aliphatic heterocycles. The van der Waals surface area contributed by atoms with Crippen LogP contribution in [0.1, 0.15) is 16.5 Å². The van der Waals surface area contributed by atoms with Gasteiger partial charge in [-0.2, -0.15) is 5.26 Å². The fourth-order valence-electron chi connectivity index (χ4n) is 2.66. The molecular formula is C17H16BrN3O2S. The molecular weight excluding hydrogens is 390 g/mol. The molecule has 1 aliphatic rings. The Kier molecular flexibility index (Phi) is 5.63. The molecule has 1 saturated heterocycles. The summed E-state index contributed by atoms with van der Waals surface area (Å²) in [5, 5.41) is 13.9. The number of hydrogen-bond acceptors (Lipinski definition) is 5. The van der Waals surface area contributed by atoms with Crippen LogP contribution in [0.15, 0.2) is 40.2 Å². The molecule has 0 radical (unpaired) electrons. The fraction of sp³-hybridized carbons (Fsp3) is 0.294. The maximum Gasteiger partial charge on any atom is 0.247 e. The number of carbonyl (C=O) groups is 1. The second-order valence-electron chi connectivity index (χ2n) is 5.40. The van der Waals surface area contributed by atoms with Gasteiger partial charge in [0.15, 0.2) is 0 Å². The molecule has 2 heterocycles. The summed E-state index contributed by atoms with van der Waals surface area (Å²) in [6.07, 6.45) is 0. The molecule has 1 aromatic carbocycles. The first-order chi connectivity index (χ1) is 11.7. The topological polar surface area (TPSA) is 65.4 Å². The van der Waals surface area contributed by atoms with Crippen molar-refractivity contribution < 1.29 is 9.53 Å². The van der Waals surface area contributed by atoms with Crippen molar-refractivity contribution in [3.05, 3.63) is 50.6 Å². The first kappa shape index (κ1) is 17.1. The fourth-order valence-corrected chi connectivity index (χ4v) is 4.23. The van der Waals surface area contributed by atoms with E-state index < -0.39 is 0 Å². The summed E-state index contributed by atoms with van der Waals surface area (Å²) < 4.78 is 6.38. The predicted molar refractivity (Wildman–Crippen MR) is 96.9 cm³/mol. The number of hydrogen-bond donors (Lipinski definition) is 1. The Labute approximate surface area is 153 Å². The van der Waals surface area contributed by atoms with Gasteiger partial charge in [-0.1, -0.05) is 6.07 Å². The first-order valence-corrected chi connectivity index (χ1v) is 9.21. The minimum atomic E-state index is -0.365. The summed E-state index contributed by atoms with van der Waals surface area (Å²) in [5.41, 5.74) is 1.16. The Bertz CT molecular complexity index is 765. The van der Waals surface area contributed by atoms with Crippen LogP contribution in [0.3, 0.4) is 0 Å². The molecule has 3 rings (SSSR count). The van der Waals surface area contributed by atoms with Crippen LogP contribution in [0.2, 0.25) is 0 Å². The van der Waals surface area contributed by atoms with E-state index in [1.165, 1.54) is 0 Å². The molecule has 1 amide bonds. The van der Waals surface area contributed by atoms with E-state index in [2.05, 4.69) is 32.2 Å². The van der Waals surface area contributed by atoms with Gasteiger partial charge in [-0.3, -0.25) is 9.69 Å². The lowest BCUT2D eigenvalue weighted by Gasteiger charge is -2.33. The standard InChI is InChI=1S/C17H16BrN3O2S/c18-13-9-15(24-11-13)16(21-4-6-23-7-5-21)17(22)20-14-3-1-2-12(8-14)10-19/h1-3,8-9,11,16H,4-7H2,(H,20,22). The number of morpholine rings is 1. The molecule has 1 N–H and O–H groups in total. The summed E-state index contributed by atoms with van der Waals surface area (Å²) in [5.74, 6) is -0.0960. The van der Waals surface area contributed by atoms with Gasteiger partial charge < -0.3 is 10.1 Å². The minimum Gasteiger partial charge on any atom is -0.379 e. The van der Waals surface area contributed by atoms with Crippen molar-refractivity contribution in [2.24, 2.45) is 0 Å². The molecule has 0 spiro atoms. The third kappa shape index (κ3) is 4.02. The molecule has 1 fully saturated rings. The number of rotatable bonds is 4. The van der Waals surface area contributed by atoms with Gasteiger partial charge in [0, 0.05) is 33.5 Å². The number of halogens is 1. The predicted octanol–water partition coefficient (Wildman–Crippen LogP) is 3.39. The molecule has 1 atom stereocenters. The normalized spacial score (nSPS) is 16.3. The summed E-state index contributed by atoms with van der Waals surface area (Å²) in [6.45, 7) is 2.68. The lowest BCUT2D eigenvalue weighted by molar-refractivity contribution is -0.123. The van der Waals surface area contributed by atoms with E-state index in [9.17, 15) is 4.79 Å². The molecule has 5 nitrogen and oxygen atoms in total. The smallest absolute Gasteiger partial charge is 0.247 e. The first-order valence-electron chi connectivity index (χ1n) is 7.54. The van der Waals surface area contributed by atoms with Crippen LogP contribution >= 0.6 is 27.3 Å². The number of carbonyl (C=O) groups excluding carboxylic acids is 1. The van der Waals surface area contributed by atoms with Crippen LogP contribution in [-0.4, -0.2) is 37.1 Å². The number of nitrogens with zero attached hydrogens (tertiary/aromatic N) is 2. The van der Waals surface area contributed by atoms with Crippen molar-refractivity contribution in [2.75, 3.05) is 31.6 Å². The third-order valence-corrected chi connectivity index (χ3v) is 5.52. The molecule has 2 aromatic rings. The highest BCUT2D eigenvalue weighted by molar-refractivity contribution is 9.10. The SMILES string of the molecule is N#Cc1cccc(NC(=O)C(c2cc(Br)cs2)N2CCOCC2)c1. The van der Waals surface area contributed by atoms with Crippen LogP contribution in [0.4, 0.5) is 5.69 Å². The third-order valence-electron chi connectivity index (χ3n) is 3.78. The van der Waals surface area contributed by atoms with Crippen molar-refractivity contribution in [2.45, 2.75) is 6.04 Å². The Balaban J connectivity index is 1.84. The summed E-state index contributed by atoms with van der Waals surface area (Å²) in [4.78, 5) is 16.1. The maximum absolute atomic E-state index is 12.9. The molecule has 0 saturated carbocycles. The second-order valence-corrected chi connectivity index (χ2v) is 7.26. The number of ether oxygens (including phenoxy) is 1. The highest BCUT2D eigenvalue weighted by Gasteiger charge is 2.30. The average Bonchev–Trinajstić information content (AvgIpc) is 3.02. The van der Waals surface area contributed by atoms with E-state index in [-0.39, 0.29) is 11.9 Å². The molecule has 24 heavy (non-hydrogen) atoms. The average molecular weight is 406 g/mol. The van der Waals surface area contributed by atoms with Crippen LogP contribution in [0, 0.1) is 11.3 Å². The van der Waals surface area contributed by atoms with E-state index in [4.69, 9.17) is 10.00 Å². The largest absolute Gasteiger partial charge is 0.379 e. The van der Waals surface area contributed by atoms with Gasteiger partial charge in [0.1, 0.15) is 6.04 Å². The van der Waals surface area contributed by atoms with Crippen molar-refractivity contribution in [3.63, 3.8) is 0 Å². The van der Waals surface area contributed by atoms with Gasteiger partial charge >= 0.3 is 0 Å². The van der Waals surface area contributed by atoms with Gasteiger partial charge in [0.05, 0.1) is 24.8 Å². The molecule has 0 aliphatic carbocycles. The van der Waals surface area contributed by atoms with Crippen LogP contribution in [0.5, 0.6) is 0 Å². The van der Waals surface area contributed by atoms with Gasteiger partial charge in [0.25, 0.3) is 0 Å². The van der Waals surface area contributed by atoms with Crippen LogP contribution < -0.4 is 5.32 Å². The number of thiophene rings is 1. The minimum absolute atomic E-state index is 0.0960. The number of nitriles is 1. The quantitative estimate of drug-likeness (QED) is 0.846. The van der Waals surface area contributed by atoms with Gasteiger partial charge in [-0.05, 0) is 40.2 Å². The van der Waals surface area contributed by atoms with E-state index in [1.54, 1.807) is 35.6 Å². The number of amides is 1. The Hall–Kier alpha value is -1.72. The van der Waals surface area contributed by atoms with Crippen molar-refractivity contribution >= 4 is 38.9 Å². The van der Waals surface area contributed by atoms with Crippen molar-refractivity contribution in [1.82, 2.24) is 4.90 Å². The summed E-state index contributed by atoms with van der Waals surface area (Å²) in [7, 11) is 0. The lowest BCUT2D eigenvalue weighted by Crippen LogP contribution is -2.43. The zero-order chi connectivity index (χ0) is 16.9. The summed E-state index contributed by atoms with van der Waals surface area (Å²) >= 11 is 5.01. The van der Waals surface area contributed by atoms with E-state index >= 15 is 0 Å². The second kappa shape index (κ2) is 7.90. The van der Waals surface area contributed by atoms with Gasteiger partial charge in [-0.15, -0.1) is 11.3 Å². The molecule has 1 aromatic heterocycles. The van der Waals surface area contributed by atoms with Crippen molar-refractivity contribution in [3.8, 4) is 6.07 Å². The lowest BCUT2D eigenvalue weighted by atomic mass is 10.1. The monoisotopic (exact) mass is 405 g/mol. The maximum atomic E-state index is 12.9. The van der Waals surface area contributed by atoms with Gasteiger partial charge in [0.2, 0.25) is 5.91 Å². The molecule has 7 heteroatoms. The molecule has 1 unspecified atom stereocenters. The molecule has 0 bridgehead atoms. The van der Waals surface area contributed by atoms with Crippen LogP contribution in [-0.2, 0) is 9.53 Å². The summed E-state index contributed by atoms with van der Waals surface area (Å²) in [6, 6.07) is 10.7. The Morgan fingerprint density at radius 1 is 1.38 bits per heavy atom. The Morgan fingerprint density at radius 3 is 2.83 bits per heavy atom. The van der Waals surface area contributed by atoms with E-state index in [0.717, 1.165) is 9.35 Å². The number of nitrogens with one attached hydrogen (secondary N) is 1. The zero-order valence-corrected chi connectivity index (χ0v) is 15.3. The number of benzene rings is 1. The zero-order valence-electron chi connectivity index (χ0n) is 12.9. The number of anilines is 1. The van der Waals surface area contributed by atoms with Gasteiger partial charge in [-0.25, -0.2) is 0 Å². The van der Waals surface area contributed by atoms with Crippen molar-refractivity contribution in [1.29, 1.82) is 5.26 Å². The highest BCUT2D eigenvalue weighted by atomic mass is 79.9. The van der Waals surface area contributed by atoms with E-state index in [1.807, 2.05) is 11.4 Å². The Morgan fingerprint density at radius 2 is 2.17 bits per heavy atom. The van der Waals surface area contributed by atoms with E-state index in [0.29, 0.717) is 37.6 Å². The van der Waals surface area contributed by atoms with Crippen LogP contribution in [0.25, 0.3) is 0 Å². The molecule has 124 valence electrons. The highest BCUT2D eigenvalue weighted by Crippen LogP contribution is 2.31.